The van der Waals surface area contributed by atoms with Crippen molar-refractivity contribution in [2.45, 2.75) is 31.3 Å². The highest BCUT2D eigenvalue weighted by molar-refractivity contribution is 5.77. The standard InChI is InChI=1S/C17H18N6O/c1-2-3-9-17(21-22-17)10-11-18-16(24)12-14-13-19-23(20-14)15-7-5-4-6-8-15/h1,4-8,13H,3,9-12H2,(H,18,24). The molecule has 1 aliphatic heterocycles. The van der Waals surface area contributed by atoms with Gasteiger partial charge in [0.25, 0.3) is 0 Å². The zero-order valence-corrected chi connectivity index (χ0v) is 13.2. The monoisotopic (exact) mass is 322 g/mol. The molecule has 0 saturated carbocycles. The van der Waals surface area contributed by atoms with Crippen LogP contribution in [0.15, 0.2) is 46.8 Å². The Balaban J connectivity index is 1.44. The first-order valence-electron chi connectivity index (χ1n) is 7.82. The summed E-state index contributed by atoms with van der Waals surface area (Å²) in [5, 5.41) is 19.4. The Kier molecular flexibility index (Phi) is 4.66. The molecule has 1 amide bonds. The first-order valence-corrected chi connectivity index (χ1v) is 7.82. The molecule has 0 fully saturated rings. The van der Waals surface area contributed by atoms with Crippen molar-refractivity contribution < 1.29 is 4.79 Å². The third-order valence-electron chi connectivity index (χ3n) is 3.77. The summed E-state index contributed by atoms with van der Waals surface area (Å²) in [4.78, 5) is 13.5. The summed E-state index contributed by atoms with van der Waals surface area (Å²) < 4.78 is 0. The molecule has 7 nitrogen and oxygen atoms in total. The summed E-state index contributed by atoms with van der Waals surface area (Å²) in [6, 6.07) is 9.56. The number of nitrogens with zero attached hydrogens (tertiary/aromatic N) is 5. The van der Waals surface area contributed by atoms with Gasteiger partial charge in [-0.1, -0.05) is 18.2 Å². The lowest BCUT2D eigenvalue weighted by atomic mass is 10.0. The van der Waals surface area contributed by atoms with Crippen LogP contribution in [0.2, 0.25) is 0 Å². The molecule has 0 unspecified atom stereocenters. The third kappa shape index (κ3) is 4.04. The van der Waals surface area contributed by atoms with E-state index in [0.29, 0.717) is 25.1 Å². The van der Waals surface area contributed by atoms with Crippen molar-refractivity contribution in [3.8, 4) is 18.0 Å². The molecule has 3 rings (SSSR count). The van der Waals surface area contributed by atoms with Crippen LogP contribution in [0.1, 0.15) is 25.0 Å². The van der Waals surface area contributed by atoms with Gasteiger partial charge < -0.3 is 5.32 Å². The van der Waals surface area contributed by atoms with Crippen LogP contribution in [0.5, 0.6) is 0 Å². The number of amides is 1. The number of nitrogens with one attached hydrogen (secondary N) is 1. The van der Waals surface area contributed by atoms with Crippen LogP contribution < -0.4 is 5.32 Å². The molecule has 0 saturated heterocycles. The fraction of sp³-hybridized carbons (Fsp3) is 0.353. The van der Waals surface area contributed by atoms with Crippen LogP contribution in [-0.4, -0.2) is 33.1 Å². The summed E-state index contributed by atoms with van der Waals surface area (Å²) in [7, 11) is 0. The van der Waals surface area contributed by atoms with Crippen LogP contribution in [0, 0.1) is 12.3 Å². The maximum Gasteiger partial charge on any atom is 0.226 e. The molecule has 0 bridgehead atoms. The molecule has 1 aliphatic rings. The number of aromatic nitrogens is 3. The van der Waals surface area contributed by atoms with E-state index in [2.05, 4.69) is 31.7 Å². The number of para-hydroxylation sites is 1. The molecule has 0 spiro atoms. The van der Waals surface area contributed by atoms with Gasteiger partial charge >= 0.3 is 0 Å². The lowest BCUT2D eigenvalue weighted by molar-refractivity contribution is -0.120. The first-order chi connectivity index (χ1) is 11.7. The molecule has 0 aliphatic carbocycles. The van der Waals surface area contributed by atoms with Crippen LogP contribution >= 0.6 is 0 Å². The van der Waals surface area contributed by atoms with Crippen molar-refractivity contribution >= 4 is 5.91 Å². The summed E-state index contributed by atoms with van der Waals surface area (Å²) in [6.07, 6.45) is 9.11. The quantitative estimate of drug-likeness (QED) is 0.753. The molecule has 1 aromatic carbocycles. The van der Waals surface area contributed by atoms with E-state index in [4.69, 9.17) is 6.42 Å². The molecular formula is C17H18N6O. The number of carbonyl (C=O) groups excluding carboxylic acids is 1. The van der Waals surface area contributed by atoms with Crippen molar-refractivity contribution in [3.63, 3.8) is 0 Å². The Hall–Kier alpha value is -3.01. The van der Waals surface area contributed by atoms with Crippen molar-refractivity contribution in [1.29, 1.82) is 0 Å². The minimum absolute atomic E-state index is 0.0946. The lowest BCUT2D eigenvalue weighted by Gasteiger charge is -2.09. The van der Waals surface area contributed by atoms with Gasteiger partial charge in [-0.15, -0.1) is 12.3 Å². The highest BCUT2D eigenvalue weighted by Crippen LogP contribution is 2.35. The van der Waals surface area contributed by atoms with E-state index in [-0.39, 0.29) is 18.0 Å². The highest BCUT2D eigenvalue weighted by Gasteiger charge is 2.38. The summed E-state index contributed by atoms with van der Waals surface area (Å²) in [6.45, 7) is 0.517. The molecule has 1 aromatic heterocycles. The Morgan fingerprint density at radius 3 is 2.75 bits per heavy atom. The van der Waals surface area contributed by atoms with E-state index in [1.807, 2.05) is 30.3 Å². The van der Waals surface area contributed by atoms with E-state index in [9.17, 15) is 4.79 Å². The van der Waals surface area contributed by atoms with Crippen LogP contribution in [-0.2, 0) is 11.2 Å². The molecule has 1 N–H and O–H groups in total. The Morgan fingerprint density at radius 1 is 1.25 bits per heavy atom. The van der Waals surface area contributed by atoms with Gasteiger partial charge in [-0.2, -0.15) is 25.2 Å². The van der Waals surface area contributed by atoms with Gasteiger partial charge in [-0.25, -0.2) is 0 Å². The predicted octanol–water partition coefficient (Wildman–Crippen LogP) is 1.89. The Bertz CT molecular complexity index is 768. The van der Waals surface area contributed by atoms with Crippen molar-refractivity contribution in [2.75, 3.05) is 6.54 Å². The summed E-state index contributed by atoms with van der Waals surface area (Å²) in [5.41, 5.74) is 1.12. The van der Waals surface area contributed by atoms with Crippen LogP contribution in [0.4, 0.5) is 0 Å². The largest absolute Gasteiger partial charge is 0.356 e. The second-order valence-electron chi connectivity index (χ2n) is 5.62. The zero-order chi connectivity index (χ0) is 16.8. The average molecular weight is 322 g/mol. The molecule has 122 valence electrons. The molecule has 2 heterocycles. The minimum Gasteiger partial charge on any atom is -0.356 e. The minimum atomic E-state index is -0.365. The van der Waals surface area contributed by atoms with E-state index in [1.165, 1.54) is 4.80 Å². The number of carbonyl (C=O) groups is 1. The average Bonchev–Trinajstić information content (AvgIpc) is 3.22. The van der Waals surface area contributed by atoms with Gasteiger partial charge in [0.15, 0.2) is 5.66 Å². The summed E-state index contributed by atoms with van der Waals surface area (Å²) >= 11 is 0. The second kappa shape index (κ2) is 7.04. The highest BCUT2D eigenvalue weighted by atomic mass is 16.1. The molecule has 0 radical (unpaired) electrons. The first kappa shape index (κ1) is 15.9. The SMILES string of the molecule is C#CCCC1(CCNC(=O)Cc2cnn(-c3ccccc3)n2)N=N1. The van der Waals surface area contributed by atoms with Gasteiger partial charge in [0.05, 0.1) is 24.0 Å². The molecular weight excluding hydrogens is 304 g/mol. The van der Waals surface area contributed by atoms with Crippen molar-refractivity contribution in [1.82, 2.24) is 20.3 Å². The Labute approximate surface area is 140 Å². The lowest BCUT2D eigenvalue weighted by Crippen LogP contribution is -2.29. The normalized spacial score (nSPS) is 14.1. The summed E-state index contributed by atoms with van der Waals surface area (Å²) in [5.74, 6) is 2.49. The smallest absolute Gasteiger partial charge is 0.226 e. The van der Waals surface area contributed by atoms with Gasteiger partial charge in [-0.3, -0.25) is 4.79 Å². The second-order valence-corrected chi connectivity index (χ2v) is 5.62. The maximum absolute atomic E-state index is 12.0. The van der Waals surface area contributed by atoms with E-state index in [0.717, 1.165) is 12.1 Å². The van der Waals surface area contributed by atoms with E-state index in [1.54, 1.807) is 6.20 Å². The number of hydrogen-bond acceptors (Lipinski definition) is 5. The van der Waals surface area contributed by atoms with Crippen molar-refractivity contribution in [3.05, 3.63) is 42.2 Å². The molecule has 24 heavy (non-hydrogen) atoms. The topological polar surface area (TPSA) is 84.5 Å². The number of rotatable bonds is 8. The van der Waals surface area contributed by atoms with Crippen molar-refractivity contribution in [2.24, 2.45) is 10.2 Å². The van der Waals surface area contributed by atoms with Gasteiger partial charge in [-0.05, 0) is 12.1 Å². The van der Waals surface area contributed by atoms with Gasteiger partial charge in [0, 0.05) is 25.8 Å². The van der Waals surface area contributed by atoms with E-state index >= 15 is 0 Å². The molecule has 0 atom stereocenters. The number of benzene rings is 1. The Morgan fingerprint density at radius 2 is 2.04 bits per heavy atom. The predicted molar refractivity (Wildman–Crippen MR) is 88.3 cm³/mol. The van der Waals surface area contributed by atoms with Crippen LogP contribution in [0.3, 0.4) is 0 Å². The van der Waals surface area contributed by atoms with E-state index < -0.39 is 0 Å². The van der Waals surface area contributed by atoms with Gasteiger partial charge in [0.2, 0.25) is 5.91 Å². The number of hydrogen-bond donors (Lipinski definition) is 1. The molecule has 2 aromatic rings. The number of terminal acetylenes is 1. The third-order valence-corrected chi connectivity index (χ3v) is 3.77. The zero-order valence-electron chi connectivity index (χ0n) is 13.2. The van der Waals surface area contributed by atoms with Gasteiger partial charge in [0.1, 0.15) is 0 Å². The molecule has 7 heteroatoms. The maximum atomic E-state index is 12.0. The fourth-order valence-electron chi connectivity index (χ4n) is 2.36. The van der Waals surface area contributed by atoms with Crippen LogP contribution in [0.25, 0.3) is 5.69 Å². The fourth-order valence-corrected chi connectivity index (χ4v) is 2.36.